The van der Waals surface area contributed by atoms with Crippen molar-refractivity contribution in [1.82, 2.24) is 0 Å². The molecule has 0 spiro atoms. The van der Waals surface area contributed by atoms with E-state index < -0.39 is 28.3 Å². The second-order valence-electron chi connectivity index (χ2n) is 6.32. The zero-order valence-electron chi connectivity index (χ0n) is 16.1. The molecule has 3 aromatic rings. The number of ether oxygens (including phenoxy) is 1. The Morgan fingerprint density at radius 1 is 1.00 bits per heavy atom. The Labute approximate surface area is 174 Å². The first-order valence-electron chi connectivity index (χ1n) is 8.82. The Morgan fingerprint density at radius 3 is 2.35 bits per heavy atom. The third kappa shape index (κ3) is 4.90. The second-order valence-corrected chi connectivity index (χ2v) is 6.32. The zero-order valence-corrected chi connectivity index (χ0v) is 16.1. The number of nitrogens with zero attached hydrogens (tertiary/aromatic N) is 2. The van der Waals surface area contributed by atoms with Crippen molar-refractivity contribution in [2.24, 2.45) is 0 Å². The number of carbonyl (C=O) groups is 2. The summed E-state index contributed by atoms with van der Waals surface area (Å²) in [5.74, 6) is -1.57. The number of nitro groups is 2. The van der Waals surface area contributed by atoms with Gasteiger partial charge in [-0.1, -0.05) is 12.1 Å². The molecule has 1 N–H and O–H groups in total. The number of para-hydroxylation sites is 1. The molecular weight excluding hydrogens is 410 g/mol. The Kier molecular flexibility index (Phi) is 6.05. The first-order valence-corrected chi connectivity index (χ1v) is 8.82. The monoisotopic (exact) mass is 425 g/mol. The van der Waals surface area contributed by atoms with E-state index in [9.17, 15) is 29.8 Å². The summed E-state index contributed by atoms with van der Waals surface area (Å²) in [5, 5.41) is 24.2. The summed E-state index contributed by atoms with van der Waals surface area (Å²) in [6.07, 6.45) is 0. The van der Waals surface area contributed by atoms with Crippen LogP contribution < -0.4 is 5.32 Å². The van der Waals surface area contributed by atoms with Crippen LogP contribution in [0.2, 0.25) is 0 Å². The van der Waals surface area contributed by atoms with Crippen LogP contribution in [0.25, 0.3) is 11.3 Å². The predicted octanol–water partition coefficient (Wildman–Crippen LogP) is 3.87. The molecule has 0 aliphatic carbocycles. The Morgan fingerprint density at radius 2 is 1.71 bits per heavy atom. The highest BCUT2D eigenvalue weighted by Gasteiger charge is 2.20. The molecule has 11 nitrogen and oxygen atoms in total. The lowest BCUT2D eigenvalue weighted by Gasteiger charge is -2.09. The second kappa shape index (κ2) is 8.86. The largest absolute Gasteiger partial charge is 0.450 e. The highest BCUT2D eigenvalue weighted by Crippen LogP contribution is 2.28. The Balaban J connectivity index is 1.62. The van der Waals surface area contributed by atoms with Crippen LogP contribution in [0.15, 0.2) is 59.0 Å². The maximum absolute atomic E-state index is 12.1. The topological polar surface area (TPSA) is 155 Å². The normalized spacial score (nSPS) is 10.4. The number of non-ortho nitro benzene ring substituents is 1. The summed E-state index contributed by atoms with van der Waals surface area (Å²) in [6, 6.07) is 12.7. The van der Waals surface area contributed by atoms with E-state index in [0.29, 0.717) is 11.1 Å². The highest BCUT2D eigenvalue weighted by molar-refractivity contribution is 5.97. The fourth-order valence-corrected chi connectivity index (χ4v) is 2.69. The van der Waals surface area contributed by atoms with E-state index in [1.807, 2.05) is 0 Å². The third-order valence-corrected chi connectivity index (χ3v) is 4.22. The van der Waals surface area contributed by atoms with E-state index in [1.54, 1.807) is 13.0 Å². The number of aryl methyl sites for hydroxylation is 1. The lowest BCUT2D eigenvalue weighted by Crippen LogP contribution is -2.21. The molecule has 31 heavy (non-hydrogen) atoms. The van der Waals surface area contributed by atoms with Crippen LogP contribution in [0.1, 0.15) is 16.1 Å². The number of carbonyl (C=O) groups excluding carboxylic acids is 2. The minimum Gasteiger partial charge on any atom is -0.450 e. The predicted molar refractivity (Wildman–Crippen MR) is 108 cm³/mol. The molecule has 1 aromatic heterocycles. The Hall–Kier alpha value is -4.54. The summed E-state index contributed by atoms with van der Waals surface area (Å²) in [5.41, 5.74) is 0.641. The number of esters is 1. The van der Waals surface area contributed by atoms with Gasteiger partial charge in [0.2, 0.25) is 5.76 Å². The Bertz CT molecular complexity index is 1170. The van der Waals surface area contributed by atoms with E-state index in [4.69, 9.17) is 9.15 Å². The van der Waals surface area contributed by atoms with Gasteiger partial charge in [-0.25, -0.2) is 4.79 Å². The van der Waals surface area contributed by atoms with Crippen LogP contribution in [-0.4, -0.2) is 28.3 Å². The van der Waals surface area contributed by atoms with Crippen molar-refractivity contribution in [3.05, 3.63) is 86.1 Å². The first-order chi connectivity index (χ1) is 14.8. The van der Waals surface area contributed by atoms with Crippen molar-refractivity contribution in [2.75, 3.05) is 11.9 Å². The minimum atomic E-state index is -0.914. The lowest BCUT2D eigenvalue weighted by atomic mass is 10.1. The van der Waals surface area contributed by atoms with Crippen LogP contribution in [0.4, 0.5) is 17.1 Å². The zero-order chi connectivity index (χ0) is 22.5. The molecular formula is C20H15N3O8. The van der Waals surface area contributed by atoms with Crippen LogP contribution in [0, 0.1) is 27.2 Å². The first kappa shape index (κ1) is 21.2. The number of furan rings is 1. The van der Waals surface area contributed by atoms with Crippen molar-refractivity contribution >= 4 is 28.9 Å². The third-order valence-electron chi connectivity index (χ3n) is 4.22. The summed E-state index contributed by atoms with van der Waals surface area (Å²) >= 11 is 0. The standard InChI is InChI=1S/C20H15N3O8/c1-12-3-2-4-15(23(28)29)19(12)21-18(24)11-30-20(25)17-10-9-16(31-17)13-5-7-14(8-6-13)22(26)27/h2-10H,11H2,1H3,(H,21,24). The van der Waals surface area contributed by atoms with Gasteiger partial charge in [0.15, 0.2) is 6.61 Å². The maximum atomic E-state index is 12.1. The number of hydrogen-bond acceptors (Lipinski definition) is 8. The molecule has 158 valence electrons. The smallest absolute Gasteiger partial charge is 0.374 e. The molecule has 1 amide bonds. The summed E-state index contributed by atoms with van der Waals surface area (Å²) in [6.45, 7) is 0.912. The fraction of sp³-hybridized carbons (Fsp3) is 0.100. The molecule has 2 aromatic carbocycles. The van der Waals surface area contributed by atoms with Gasteiger partial charge in [-0.15, -0.1) is 0 Å². The van der Waals surface area contributed by atoms with E-state index in [-0.39, 0.29) is 28.6 Å². The molecule has 0 unspecified atom stereocenters. The van der Waals surface area contributed by atoms with Crippen molar-refractivity contribution in [1.29, 1.82) is 0 Å². The number of hydrogen-bond donors (Lipinski definition) is 1. The van der Waals surface area contributed by atoms with Gasteiger partial charge in [-0.2, -0.15) is 0 Å². The lowest BCUT2D eigenvalue weighted by molar-refractivity contribution is -0.384. The van der Waals surface area contributed by atoms with Crippen LogP contribution >= 0.6 is 0 Å². The average Bonchev–Trinajstić information content (AvgIpc) is 3.23. The minimum absolute atomic E-state index is 0.0204. The van der Waals surface area contributed by atoms with E-state index in [2.05, 4.69) is 5.32 Å². The van der Waals surface area contributed by atoms with E-state index >= 15 is 0 Å². The molecule has 0 aliphatic heterocycles. The average molecular weight is 425 g/mol. The van der Waals surface area contributed by atoms with Crippen LogP contribution in [0.3, 0.4) is 0 Å². The number of rotatable bonds is 7. The summed E-state index contributed by atoms with van der Waals surface area (Å²) < 4.78 is 10.3. The van der Waals surface area contributed by atoms with Gasteiger partial charge in [0.05, 0.1) is 9.85 Å². The van der Waals surface area contributed by atoms with Gasteiger partial charge in [0.25, 0.3) is 17.3 Å². The van der Waals surface area contributed by atoms with Gasteiger partial charge in [-0.05, 0) is 36.8 Å². The maximum Gasteiger partial charge on any atom is 0.374 e. The molecule has 0 fully saturated rings. The van der Waals surface area contributed by atoms with Crippen LogP contribution in [0.5, 0.6) is 0 Å². The molecule has 0 atom stereocenters. The molecule has 0 saturated heterocycles. The van der Waals surface area contributed by atoms with Gasteiger partial charge < -0.3 is 14.5 Å². The number of nitrogens with one attached hydrogen (secondary N) is 1. The number of amides is 1. The molecule has 11 heteroatoms. The molecule has 0 bridgehead atoms. The van der Waals surface area contributed by atoms with E-state index in [1.165, 1.54) is 48.5 Å². The molecule has 3 rings (SSSR count). The van der Waals surface area contributed by atoms with Crippen molar-refractivity contribution in [2.45, 2.75) is 6.92 Å². The molecule has 0 radical (unpaired) electrons. The molecule has 1 heterocycles. The van der Waals surface area contributed by atoms with Crippen LogP contribution in [-0.2, 0) is 9.53 Å². The van der Waals surface area contributed by atoms with Gasteiger partial charge >= 0.3 is 5.97 Å². The SMILES string of the molecule is Cc1cccc([N+](=O)[O-])c1NC(=O)COC(=O)c1ccc(-c2ccc([N+](=O)[O-])cc2)o1. The number of anilines is 1. The quantitative estimate of drug-likeness (QED) is 0.340. The van der Waals surface area contributed by atoms with Gasteiger partial charge in [-0.3, -0.25) is 25.0 Å². The number of nitro benzene ring substituents is 2. The molecule has 0 saturated carbocycles. The number of benzene rings is 2. The van der Waals surface area contributed by atoms with Crippen molar-refractivity contribution < 1.29 is 28.6 Å². The van der Waals surface area contributed by atoms with Crippen molar-refractivity contribution in [3.63, 3.8) is 0 Å². The fourth-order valence-electron chi connectivity index (χ4n) is 2.69. The van der Waals surface area contributed by atoms with E-state index in [0.717, 1.165) is 0 Å². The van der Waals surface area contributed by atoms with Gasteiger partial charge in [0, 0.05) is 23.8 Å². The summed E-state index contributed by atoms with van der Waals surface area (Å²) in [7, 11) is 0. The highest BCUT2D eigenvalue weighted by atomic mass is 16.6. The molecule has 0 aliphatic rings. The summed E-state index contributed by atoms with van der Waals surface area (Å²) in [4.78, 5) is 44.9. The van der Waals surface area contributed by atoms with Crippen molar-refractivity contribution in [3.8, 4) is 11.3 Å². The van der Waals surface area contributed by atoms with Gasteiger partial charge in [0.1, 0.15) is 11.4 Å².